The molecule has 8 heteroatoms. The zero-order valence-corrected chi connectivity index (χ0v) is 15.9. The molecule has 3 rings (SSSR count). The zero-order valence-electron chi connectivity index (χ0n) is 15.9. The first-order valence-corrected chi connectivity index (χ1v) is 8.94. The molecule has 1 amide bonds. The van der Waals surface area contributed by atoms with Crippen molar-refractivity contribution >= 4 is 23.2 Å². The highest BCUT2D eigenvalue weighted by Gasteiger charge is 2.13. The van der Waals surface area contributed by atoms with E-state index in [9.17, 15) is 14.4 Å². The van der Waals surface area contributed by atoms with Gasteiger partial charge >= 0.3 is 5.97 Å². The van der Waals surface area contributed by atoms with Gasteiger partial charge in [-0.15, -0.1) is 4.57 Å². The number of aromatic nitrogens is 2. The van der Waals surface area contributed by atoms with Crippen molar-refractivity contribution in [3.05, 3.63) is 63.3 Å². The van der Waals surface area contributed by atoms with Gasteiger partial charge in [0.25, 0.3) is 5.56 Å². The van der Waals surface area contributed by atoms with Crippen LogP contribution < -0.4 is 10.9 Å². The number of amides is 1. The van der Waals surface area contributed by atoms with Crippen LogP contribution in [0.4, 0.5) is 5.69 Å². The number of benzene rings is 1. The second-order valence-corrected chi connectivity index (χ2v) is 6.49. The number of hydrogen-bond acceptors (Lipinski definition) is 6. The van der Waals surface area contributed by atoms with Crippen LogP contribution >= 0.6 is 0 Å². The average Bonchev–Trinajstić information content (AvgIpc) is 3.02. The number of anilines is 1. The number of rotatable bonds is 6. The predicted octanol–water partition coefficient (Wildman–Crippen LogP) is 3.00. The fraction of sp³-hybridized carbons (Fsp3) is 0.300. The number of fused-ring (bicyclic) bond motifs is 1. The molecule has 8 nitrogen and oxygen atoms in total. The van der Waals surface area contributed by atoms with Crippen LogP contribution in [0.5, 0.6) is 0 Å². The summed E-state index contributed by atoms with van der Waals surface area (Å²) in [6.07, 6.45) is 1.14. The third kappa shape index (κ3) is 4.28. The van der Waals surface area contributed by atoms with Crippen LogP contribution in [0.3, 0.4) is 0 Å². The molecule has 0 fully saturated rings. The lowest BCUT2D eigenvalue weighted by atomic mass is 10.1. The van der Waals surface area contributed by atoms with Gasteiger partial charge in [-0.2, -0.15) is 0 Å². The molecule has 0 aliphatic rings. The fourth-order valence-corrected chi connectivity index (χ4v) is 2.69. The average molecular weight is 383 g/mol. The molecule has 0 aliphatic heterocycles. The van der Waals surface area contributed by atoms with Gasteiger partial charge in [-0.3, -0.25) is 9.59 Å². The number of aryl methyl sites for hydroxylation is 2. The van der Waals surface area contributed by atoms with E-state index in [2.05, 4.69) is 10.3 Å². The molecule has 0 aliphatic carbocycles. The van der Waals surface area contributed by atoms with Crippen LogP contribution in [0.1, 0.15) is 47.1 Å². The molecule has 3 aromatic rings. The molecule has 0 bridgehead atoms. The second-order valence-electron chi connectivity index (χ2n) is 6.49. The SMILES string of the molecule is CCCC(=O)Nc1cc(C(=O)OCc2cc(=O)n3oc(C)cc3n2)ccc1C. The van der Waals surface area contributed by atoms with Crippen molar-refractivity contribution in [1.29, 1.82) is 0 Å². The van der Waals surface area contributed by atoms with Crippen LogP contribution in [-0.2, 0) is 16.1 Å². The maximum Gasteiger partial charge on any atom is 0.338 e. The van der Waals surface area contributed by atoms with Gasteiger partial charge in [-0.25, -0.2) is 9.78 Å². The normalized spacial score (nSPS) is 10.8. The Hall–Kier alpha value is -3.42. The highest BCUT2D eigenvalue weighted by atomic mass is 16.5. The number of nitrogens with one attached hydrogen (secondary N) is 1. The second kappa shape index (κ2) is 8.08. The Kier molecular flexibility index (Phi) is 5.58. The van der Waals surface area contributed by atoms with Gasteiger partial charge < -0.3 is 14.6 Å². The summed E-state index contributed by atoms with van der Waals surface area (Å²) in [4.78, 5) is 40.5. The molecule has 146 valence electrons. The lowest BCUT2D eigenvalue weighted by Gasteiger charge is -2.10. The van der Waals surface area contributed by atoms with Crippen LogP contribution in [0.25, 0.3) is 5.65 Å². The van der Waals surface area contributed by atoms with E-state index < -0.39 is 5.97 Å². The van der Waals surface area contributed by atoms with Crippen LogP contribution in [0, 0.1) is 13.8 Å². The molecular formula is C20H21N3O5. The Labute approximate surface area is 161 Å². The van der Waals surface area contributed by atoms with E-state index in [1.165, 1.54) is 6.07 Å². The summed E-state index contributed by atoms with van der Waals surface area (Å²) in [5, 5.41) is 2.80. The minimum atomic E-state index is -0.573. The minimum Gasteiger partial charge on any atom is -0.456 e. The smallest absolute Gasteiger partial charge is 0.338 e. The molecule has 1 N–H and O–H groups in total. The molecule has 0 spiro atoms. The Bertz CT molecular complexity index is 1100. The lowest BCUT2D eigenvalue weighted by Crippen LogP contribution is -2.15. The lowest BCUT2D eigenvalue weighted by molar-refractivity contribution is -0.116. The van der Waals surface area contributed by atoms with Gasteiger partial charge in [0.2, 0.25) is 5.91 Å². The molecule has 28 heavy (non-hydrogen) atoms. The Balaban J connectivity index is 1.73. The molecule has 0 unspecified atom stereocenters. The van der Waals surface area contributed by atoms with Crippen molar-refractivity contribution in [2.24, 2.45) is 0 Å². The van der Waals surface area contributed by atoms with Crippen LogP contribution in [-0.4, -0.2) is 21.4 Å². The minimum absolute atomic E-state index is 0.107. The van der Waals surface area contributed by atoms with Crippen molar-refractivity contribution in [2.75, 3.05) is 5.32 Å². The van der Waals surface area contributed by atoms with Crippen LogP contribution in [0.15, 0.2) is 39.6 Å². The molecular weight excluding hydrogens is 362 g/mol. The van der Waals surface area contributed by atoms with E-state index in [1.807, 2.05) is 13.8 Å². The molecule has 2 heterocycles. The summed E-state index contributed by atoms with van der Waals surface area (Å²) in [5.41, 5.74) is 2.00. The summed E-state index contributed by atoms with van der Waals surface area (Å²) in [6, 6.07) is 7.82. The van der Waals surface area contributed by atoms with Gasteiger partial charge in [0.1, 0.15) is 12.4 Å². The third-order valence-electron chi connectivity index (χ3n) is 4.10. The number of carbonyl (C=O) groups excluding carboxylic acids is 2. The summed E-state index contributed by atoms with van der Waals surface area (Å²) in [6.45, 7) is 5.32. The number of hydrogen-bond donors (Lipinski definition) is 1. The first kappa shape index (κ1) is 19.3. The zero-order chi connectivity index (χ0) is 20.3. The maximum atomic E-state index is 12.4. The van der Waals surface area contributed by atoms with Crippen molar-refractivity contribution in [3.8, 4) is 0 Å². The van der Waals surface area contributed by atoms with E-state index >= 15 is 0 Å². The topological polar surface area (TPSA) is 103 Å². The largest absolute Gasteiger partial charge is 0.456 e. The summed E-state index contributed by atoms with van der Waals surface area (Å²) >= 11 is 0. The van der Waals surface area contributed by atoms with Gasteiger partial charge in [-0.05, 0) is 38.0 Å². The highest BCUT2D eigenvalue weighted by molar-refractivity contribution is 5.95. The van der Waals surface area contributed by atoms with Crippen molar-refractivity contribution in [3.63, 3.8) is 0 Å². The van der Waals surface area contributed by atoms with E-state index in [4.69, 9.17) is 9.26 Å². The first-order chi connectivity index (χ1) is 13.4. The molecule has 1 aromatic carbocycles. The van der Waals surface area contributed by atoms with E-state index in [0.29, 0.717) is 34.8 Å². The Morgan fingerprint density at radius 1 is 1.21 bits per heavy atom. The predicted molar refractivity (Wildman–Crippen MR) is 102 cm³/mol. The van der Waals surface area contributed by atoms with Crippen molar-refractivity contribution < 1.29 is 18.8 Å². The number of carbonyl (C=O) groups is 2. The van der Waals surface area contributed by atoms with Crippen molar-refractivity contribution in [2.45, 2.75) is 40.2 Å². The van der Waals surface area contributed by atoms with Gasteiger partial charge in [0.05, 0.1) is 11.3 Å². The van der Waals surface area contributed by atoms with Gasteiger partial charge in [0.15, 0.2) is 5.65 Å². The maximum absolute atomic E-state index is 12.4. The first-order valence-electron chi connectivity index (χ1n) is 8.94. The highest BCUT2D eigenvalue weighted by Crippen LogP contribution is 2.18. The number of nitrogens with zero attached hydrogens (tertiary/aromatic N) is 2. The standard InChI is InChI=1S/C20H21N3O5/c1-4-5-18(24)22-16-9-14(7-6-12(16)2)20(26)27-11-15-10-19(25)23-17(21-15)8-13(3)28-23/h6-10H,4-5,11H2,1-3H3,(H,22,24). The van der Waals surface area contributed by atoms with Gasteiger partial charge in [-0.1, -0.05) is 13.0 Å². The van der Waals surface area contributed by atoms with Gasteiger partial charge in [0, 0.05) is 24.2 Å². The van der Waals surface area contributed by atoms with E-state index in [0.717, 1.165) is 16.6 Å². The molecule has 0 radical (unpaired) electrons. The Morgan fingerprint density at radius 3 is 2.75 bits per heavy atom. The summed E-state index contributed by atoms with van der Waals surface area (Å²) in [5.74, 6) is -0.128. The Morgan fingerprint density at radius 2 is 2.00 bits per heavy atom. The quantitative estimate of drug-likeness (QED) is 0.657. The van der Waals surface area contributed by atoms with Crippen molar-refractivity contribution in [1.82, 2.24) is 9.56 Å². The molecule has 0 saturated heterocycles. The number of ether oxygens (including phenoxy) is 1. The fourth-order valence-electron chi connectivity index (χ4n) is 2.69. The molecule has 0 atom stereocenters. The third-order valence-corrected chi connectivity index (χ3v) is 4.10. The van der Waals surface area contributed by atoms with Crippen LogP contribution in [0.2, 0.25) is 0 Å². The molecule has 0 saturated carbocycles. The number of esters is 1. The monoisotopic (exact) mass is 383 g/mol. The molecule has 2 aromatic heterocycles. The summed E-state index contributed by atoms with van der Waals surface area (Å²) < 4.78 is 11.6. The van der Waals surface area contributed by atoms with E-state index in [1.54, 1.807) is 31.2 Å². The van der Waals surface area contributed by atoms with E-state index in [-0.39, 0.29) is 18.1 Å². The summed E-state index contributed by atoms with van der Waals surface area (Å²) in [7, 11) is 0.